The molecule has 1 fully saturated rings. The Morgan fingerprint density at radius 2 is 1.61 bits per heavy atom. The molecule has 1 heterocycles. The Hall–Kier alpha value is -1.63. The van der Waals surface area contributed by atoms with Gasteiger partial charge in [0, 0.05) is 37.7 Å². The summed E-state index contributed by atoms with van der Waals surface area (Å²) in [4.78, 5) is 15.6. The summed E-state index contributed by atoms with van der Waals surface area (Å²) in [6.07, 6.45) is 0. The quantitative estimate of drug-likeness (QED) is 0.662. The highest BCUT2D eigenvalue weighted by molar-refractivity contribution is 6.30. The first-order valence-corrected chi connectivity index (χ1v) is 9.64. The molecule has 0 radical (unpaired) electrons. The minimum Gasteiger partial charge on any atom is -0.370 e. The van der Waals surface area contributed by atoms with E-state index < -0.39 is 5.91 Å². The monoisotopic (exact) mass is 423 g/mol. The second-order valence-electron chi connectivity index (χ2n) is 6.76. The summed E-state index contributed by atoms with van der Waals surface area (Å²) in [7, 11) is 0. The molecule has 1 saturated heterocycles. The van der Waals surface area contributed by atoms with Crippen LogP contribution in [-0.2, 0) is 9.53 Å². The molecule has 1 amide bonds. The average molecular weight is 424 g/mol. The number of nitrogens with zero attached hydrogens (tertiary/aromatic N) is 2. The SMILES string of the molecule is Cl.NC(=O)COCCN1CCN([C@H](c2ccccc2)c2ccc(Cl)cc2)CC1. The number of rotatable bonds is 8. The summed E-state index contributed by atoms with van der Waals surface area (Å²) in [5, 5.41) is 0.756. The van der Waals surface area contributed by atoms with Crippen molar-refractivity contribution in [1.82, 2.24) is 9.80 Å². The first-order chi connectivity index (χ1) is 13.1. The van der Waals surface area contributed by atoms with Gasteiger partial charge in [-0.05, 0) is 23.3 Å². The van der Waals surface area contributed by atoms with Crippen LogP contribution in [0.5, 0.6) is 0 Å². The Kier molecular flexibility index (Phi) is 9.22. The first kappa shape index (κ1) is 22.7. The van der Waals surface area contributed by atoms with E-state index in [1.165, 1.54) is 11.1 Å². The molecule has 0 saturated carbocycles. The van der Waals surface area contributed by atoms with Gasteiger partial charge in [-0.25, -0.2) is 0 Å². The Balaban J connectivity index is 0.00000280. The molecule has 0 aliphatic carbocycles. The molecule has 0 aromatic heterocycles. The van der Waals surface area contributed by atoms with Crippen LogP contribution in [-0.4, -0.2) is 61.6 Å². The van der Waals surface area contributed by atoms with Crippen molar-refractivity contribution in [1.29, 1.82) is 0 Å². The third kappa shape index (κ3) is 6.47. The van der Waals surface area contributed by atoms with E-state index in [1.54, 1.807) is 0 Å². The van der Waals surface area contributed by atoms with E-state index in [2.05, 4.69) is 46.2 Å². The van der Waals surface area contributed by atoms with Gasteiger partial charge in [-0.15, -0.1) is 12.4 Å². The second kappa shape index (κ2) is 11.4. The van der Waals surface area contributed by atoms with Crippen molar-refractivity contribution in [3.63, 3.8) is 0 Å². The first-order valence-electron chi connectivity index (χ1n) is 9.26. The smallest absolute Gasteiger partial charge is 0.243 e. The van der Waals surface area contributed by atoms with E-state index in [1.807, 2.05) is 18.2 Å². The number of carbonyl (C=O) groups is 1. The Morgan fingerprint density at radius 1 is 1.00 bits per heavy atom. The molecule has 0 bridgehead atoms. The Bertz CT molecular complexity index is 720. The average Bonchev–Trinajstić information content (AvgIpc) is 2.69. The summed E-state index contributed by atoms with van der Waals surface area (Å²) in [5.74, 6) is -0.423. The number of halogens is 2. The van der Waals surface area contributed by atoms with Crippen LogP contribution < -0.4 is 5.73 Å². The molecule has 5 nitrogen and oxygen atoms in total. The predicted octanol–water partition coefficient (Wildman–Crippen LogP) is 2.97. The Labute approximate surface area is 177 Å². The lowest BCUT2D eigenvalue weighted by Gasteiger charge is -2.39. The standard InChI is InChI=1S/C21H26ClN3O2.ClH/c22-19-8-6-18(7-9-19)21(17-4-2-1-3-5-17)25-12-10-24(11-13-25)14-15-27-16-20(23)26;/h1-9,21H,10-16H2,(H2,23,26);1H/t21-;/m1./s1. The molecule has 1 aliphatic heterocycles. The van der Waals surface area contributed by atoms with E-state index in [0.29, 0.717) is 6.61 Å². The third-order valence-electron chi connectivity index (χ3n) is 4.87. The van der Waals surface area contributed by atoms with Crippen molar-refractivity contribution < 1.29 is 9.53 Å². The molecule has 1 aliphatic rings. The largest absolute Gasteiger partial charge is 0.370 e. The fourth-order valence-corrected chi connectivity index (χ4v) is 3.63. The van der Waals surface area contributed by atoms with Crippen LogP contribution in [0.15, 0.2) is 54.6 Å². The zero-order valence-corrected chi connectivity index (χ0v) is 17.4. The van der Waals surface area contributed by atoms with Crippen LogP contribution >= 0.6 is 24.0 Å². The Morgan fingerprint density at radius 3 is 2.21 bits per heavy atom. The minimum absolute atomic E-state index is 0. The molecule has 3 rings (SSSR count). The van der Waals surface area contributed by atoms with E-state index in [9.17, 15) is 4.79 Å². The van der Waals surface area contributed by atoms with E-state index >= 15 is 0 Å². The van der Waals surface area contributed by atoms with Crippen molar-refractivity contribution in [2.45, 2.75) is 6.04 Å². The van der Waals surface area contributed by atoms with E-state index in [-0.39, 0.29) is 25.1 Å². The number of nitrogens with two attached hydrogens (primary N) is 1. The number of ether oxygens (including phenoxy) is 1. The number of carbonyl (C=O) groups excluding carboxylic acids is 1. The van der Waals surface area contributed by atoms with Gasteiger partial charge in [0.05, 0.1) is 12.6 Å². The molecule has 1 atom stereocenters. The maximum atomic E-state index is 10.7. The van der Waals surface area contributed by atoms with E-state index in [0.717, 1.165) is 37.7 Å². The molecule has 2 aromatic carbocycles. The van der Waals surface area contributed by atoms with Crippen molar-refractivity contribution in [3.8, 4) is 0 Å². The lowest BCUT2D eigenvalue weighted by Crippen LogP contribution is -2.48. The summed E-state index contributed by atoms with van der Waals surface area (Å²) in [6, 6.07) is 19.0. The van der Waals surface area contributed by atoms with Crippen LogP contribution in [0.3, 0.4) is 0 Å². The number of piperazine rings is 1. The van der Waals surface area contributed by atoms with Crippen LogP contribution in [0.1, 0.15) is 17.2 Å². The minimum atomic E-state index is -0.423. The maximum absolute atomic E-state index is 10.7. The molecule has 28 heavy (non-hydrogen) atoms. The number of amides is 1. The molecule has 0 spiro atoms. The molecule has 152 valence electrons. The number of primary amides is 1. The fourth-order valence-electron chi connectivity index (χ4n) is 3.51. The van der Waals surface area contributed by atoms with Crippen molar-refractivity contribution in [2.75, 3.05) is 45.9 Å². The highest BCUT2D eigenvalue weighted by Gasteiger charge is 2.26. The molecular formula is C21H27Cl2N3O2. The van der Waals surface area contributed by atoms with Crippen molar-refractivity contribution >= 4 is 29.9 Å². The zero-order valence-electron chi connectivity index (χ0n) is 15.8. The van der Waals surface area contributed by atoms with Gasteiger partial charge in [-0.1, -0.05) is 54.1 Å². The topological polar surface area (TPSA) is 58.8 Å². The number of benzene rings is 2. The molecular weight excluding hydrogens is 397 g/mol. The van der Waals surface area contributed by atoms with Gasteiger partial charge >= 0.3 is 0 Å². The lowest BCUT2D eigenvalue weighted by atomic mass is 9.96. The van der Waals surface area contributed by atoms with Gasteiger partial charge in [-0.2, -0.15) is 0 Å². The van der Waals surface area contributed by atoms with Gasteiger partial charge in [0.15, 0.2) is 0 Å². The van der Waals surface area contributed by atoms with Gasteiger partial charge < -0.3 is 10.5 Å². The van der Waals surface area contributed by atoms with Gasteiger partial charge in [0.1, 0.15) is 6.61 Å². The van der Waals surface area contributed by atoms with Crippen LogP contribution in [0.2, 0.25) is 5.02 Å². The zero-order chi connectivity index (χ0) is 19.1. The number of hydrogen-bond acceptors (Lipinski definition) is 4. The van der Waals surface area contributed by atoms with Gasteiger partial charge in [-0.3, -0.25) is 14.6 Å². The van der Waals surface area contributed by atoms with Crippen LogP contribution in [0, 0.1) is 0 Å². The van der Waals surface area contributed by atoms with Crippen LogP contribution in [0.25, 0.3) is 0 Å². The summed E-state index contributed by atoms with van der Waals surface area (Å²) < 4.78 is 5.28. The van der Waals surface area contributed by atoms with Crippen molar-refractivity contribution in [3.05, 3.63) is 70.7 Å². The van der Waals surface area contributed by atoms with Gasteiger partial charge in [0.2, 0.25) is 5.91 Å². The molecule has 7 heteroatoms. The lowest BCUT2D eigenvalue weighted by molar-refractivity contribution is -0.122. The summed E-state index contributed by atoms with van der Waals surface area (Å²) in [6.45, 7) is 5.22. The van der Waals surface area contributed by atoms with E-state index in [4.69, 9.17) is 22.1 Å². The summed E-state index contributed by atoms with van der Waals surface area (Å²) in [5.41, 5.74) is 7.63. The van der Waals surface area contributed by atoms with Crippen molar-refractivity contribution in [2.24, 2.45) is 5.73 Å². The predicted molar refractivity (Wildman–Crippen MR) is 115 cm³/mol. The molecule has 2 N–H and O–H groups in total. The second-order valence-corrected chi connectivity index (χ2v) is 7.20. The highest BCUT2D eigenvalue weighted by atomic mass is 35.5. The summed E-state index contributed by atoms with van der Waals surface area (Å²) >= 11 is 6.09. The molecule has 0 unspecified atom stereocenters. The van der Waals surface area contributed by atoms with Crippen LogP contribution in [0.4, 0.5) is 0 Å². The fraction of sp³-hybridized carbons (Fsp3) is 0.381. The maximum Gasteiger partial charge on any atom is 0.243 e. The molecule has 2 aromatic rings. The normalized spacial score (nSPS) is 16.3. The third-order valence-corrected chi connectivity index (χ3v) is 5.12. The van der Waals surface area contributed by atoms with Gasteiger partial charge in [0.25, 0.3) is 0 Å². The highest BCUT2D eigenvalue weighted by Crippen LogP contribution is 2.30. The number of hydrogen-bond donors (Lipinski definition) is 1.